The van der Waals surface area contributed by atoms with Gasteiger partial charge in [-0.05, 0) is 75.5 Å². The van der Waals surface area contributed by atoms with Crippen molar-refractivity contribution in [2.45, 2.75) is 52.4 Å². The van der Waals surface area contributed by atoms with E-state index in [0.29, 0.717) is 0 Å². The third-order valence-electron chi connectivity index (χ3n) is 5.90. The van der Waals surface area contributed by atoms with E-state index < -0.39 is 11.4 Å². The van der Waals surface area contributed by atoms with E-state index in [1.807, 2.05) is 13.8 Å². The van der Waals surface area contributed by atoms with Crippen molar-refractivity contribution >= 4 is 5.97 Å². The quantitative estimate of drug-likeness (QED) is 0.778. The molecule has 4 saturated carbocycles. The topological polar surface area (TPSA) is 37.3 Å². The summed E-state index contributed by atoms with van der Waals surface area (Å²) in [5.41, 5.74) is -0.406. The number of carboxylic acids is 1. The highest BCUT2D eigenvalue weighted by atomic mass is 16.4. The molecule has 0 amide bonds. The summed E-state index contributed by atoms with van der Waals surface area (Å²) in [5, 5.41) is 9.50. The van der Waals surface area contributed by atoms with Crippen LogP contribution in [0.4, 0.5) is 0 Å². The van der Waals surface area contributed by atoms with E-state index in [4.69, 9.17) is 0 Å². The number of carbonyl (C=O) groups is 1. The summed E-state index contributed by atoms with van der Waals surface area (Å²) >= 11 is 0. The van der Waals surface area contributed by atoms with Crippen LogP contribution in [0.3, 0.4) is 0 Å². The lowest BCUT2D eigenvalue weighted by Gasteiger charge is -2.61. The molecular weight excluding hydrogens is 200 g/mol. The molecule has 0 saturated heterocycles. The van der Waals surface area contributed by atoms with Gasteiger partial charge in [0.15, 0.2) is 0 Å². The van der Waals surface area contributed by atoms with Gasteiger partial charge in [-0.3, -0.25) is 4.79 Å². The molecule has 1 N–H and O–H groups in total. The van der Waals surface area contributed by atoms with Gasteiger partial charge in [-0.25, -0.2) is 0 Å². The molecule has 0 spiro atoms. The van der Waals surface area contributed by atoms with Crippen LogP contribution in [0, 0.1) is 28.6 Å². The highest BCUT2D eigenvalue weighted by molar-refractivity contribution is 5.75. The lowest BCUT2D eigenvalue weighted by atomic mass is 9.43. The van der Waals surface area contributed by atoms with E-state index >= 15 is 0 Å². The van der Waals surface area contributed by atoms with Crippen LogP contribution in [-0.2, 0) is 4.79 Å². The van der Waals surface area contributed by atoms with Crippen molar-refractivity contribution in [1.82, 2.24) is 0 Å². The van der Waals surface area contributed by atoms with Crippen molar-refractivity contribution in [3.8, 4) is 0 Å². The number of aliphatic carboxylic acids is 1. The number of hydrogen-bond acceptors (Lipinski definition) is 1. The van der Waals surface area contributed by atoms with Crippen molar-refractivity contribution in [3.05, 3.63) is 0 Å². The van der Waals surface area contributed by atoms with Gasteiger partial charge >= 0.3 is 5.97 Å². The minimum atomic E-state index is -0.588. The Morgan fingerprint density at radius 1 is 1.06 bits per heavy atom. The first-order chi connectivity index (χ1) is 7.43. The van der Waals surface area contributed by atoms with E-state index in [-0.39, 0.29) is 5.41 Å². The van der Waals surface area contributed by atoms with Crippen molar-refractivity contribution < 1.29 is 9.90 Å². The first-order valence-corrected chi connectivity index (χ1v) is 6.66. The predicted octanol–water partition coefficient (Wildman–Crippen LogP) is 3.31. The zero-order valence-corrected chi connectivity index (χ0v) is 10.3. The van der Waals surface area contributed by atoms with Gasteiger partial charge in [0.25, 0.3) is 0 Å². The molecular formula is C14H22O2. The van der Waals surface area contributed by atoms with Gasteiger partial charge in [-0.15, -0.1) is 0 Å². The van der Waals surface area contributed by atoms with Crippen LogP contribution in [-0.4, -0.2) is 11.1 Å². The maximum absolute atomic E-state index is 11.5. The van der Waals surface area contributed by atoms with Crippen molar-refractivity contribution in [2.24, 2.45) is 28.6 Å². The van der Waals surface area contributed by atoms with Crippen LogP contribution in [0.15, 0.2) is 0 Å². The zero-order chi connectivity index (χ0) is 11.6. The van der Waals surface area contributed by atoms with Crippen LogP contribution in [0.1, 0.15) is 52.4 Å². The average Bonchev–Trinajstić information content (AvgIpc) is 2.14. The Balaban J connectivity index is 1.97. The van der Waals surface area contributed by atoms with E-state index in [9.17, 15) is 9.90 Å². The third-order valence-corrected chi connectivity index (χ3v) is 5.90. The molecule has 90 valence electrons. The summed E-state index contributed by atoms with van der Waals surface area (Å²) in [6.45, 7) is 3.92. The SMILES string of the molecule is CC(C)(C(=O)O)C12CC3CC(CC(C3)C1)C2. The maximum Gasteiger partial charge on any atom is 0.309 e. The minimum absolute atomic E-state index is 0.119. The molecule has 4 bridgehead atoms. The fourth-order valence-electron chi connectivity index (χ4n) is 5.10. The summed E-state index contributed by atoms with van der Waals surface area (Å²) in [6, 6.07) is 0. The molecule has 0 aliphatic heterocycles. The summed E-state index contributed by atoms with van der Waals surface area (Å²) < 4.78 is 0. The average molecular weight is 222 g/mol. The van der Waals surface area contributed by atoms with Gasteiger partial charge in [-0.1, -0.05) is 0 Å². The second-order valence-corrected chi connectivity index (χ2v) is 7.13. The number of hydrogen-bond donors (Lipinski definition) is 1. The fourth-order valence-corrected chi connectivity index (χ4v) is 5.10. The molecule has 4 rings (SSSR count). The van der Waals surface area contributed by atoms with Crippen molar-refractivity contribution in [2.75, 3.05) is 0 Å². The lowest BCUT2D eigenvalue weighted by molar-refractivity contribution is -0.172. The molecule has 2 heteroatoms. The number of carboxylic acid groups (broad SMARTS) is 1. The van der Waals surface area contributed by atoms with E-state index in [1.165, 1.54) is 38.5 Å². The normalized spacial score (nSPS) is 46.0. The predicted molar refractivity (Wildman–Crippen MR) is 62.0 cm³/mol. The molecule has 0 radical (unpaired) electrons. The molecule has 0 aromatic heterocycles. The lowest BCUT2D eigenvalue weighted by Crippen LogP contribution is -2.55. The molecule has 0 aromatic carbocycles. The third kappa shape index (κ3) is 1.22. The Bertz CT molecular complexity index is 294. The summed E-state index contributed by atoms with van der Waals surface area (Å²) in [4.78, 5) is 11.5. The van der Waals surface area contributed by atoms with Crippen molar-refractivity contribution in [1.29, 1.82) is 0 Å². The Labute approximate surface area is 97.4 Å². The molecule has 0 unspecified atom stereocenters. The molecule has 4 fully saturated rings. The molecule has 2 nitrogen and oxygen atoms in total. The Morgan fingerprint density at radius 2 is 1.44 bits per heavy atom. The Hall–Kier alpha value is -0.530. The Kier molecular flexibility index (Phi) is 2.01. The maximum atomic E-state index is 11.5. The second kappa shape index (κ2) is 3.02. The smallest absolute Gasteiger partial charge is 0.309 e. The largest absolute Gasteiger partial charge is 0.481 e. The van der Waals surface area contributed by atoms with Gasteiger partial charge in [0, 0.05) is 0 Å². The first-order valence-electron chi connectivity index (χ1n) is 6.66. The van der Waals surface area contributed by atoms with Gasteiger partial charge in [0.05, 0.1) is 5.41 Å². The van der Waals surface area contributed by atoms with Crippen LogP contribution >= 0.6 is 0 Å². The highest BCUT2D eigenvalue weighted by Gasteiger charge is 2.59. The summed E-state index contributed by atoms with van der Waals surface area (Å²) in [7, 11) is 0. The second-order valence-electron chi connectivity index (χ2n) is 7.13. The molecule has 0 aromatic rings. The van der Waals surface area contributed by atoms with Crippen LogP contribution < -0.4 is 0 Å². The standard InChI is InChI=1S/C14H22O2/c1-13(2,12(15)16)14-6-9-3-10(7-14)5-11(4-9)8-14/h9-11H,3-8H2,1-2H3,(H,15,16). The highest BCUT2D eigenvalue weighted by Crippen LogP contribution is 2.65. The fraction of sp³-hybridized carbons (Fsp3) is 0.929. The number of rotatable bonds is 2. The molecule has 4 aliphatic rings. The van der Waals surface area contributed by atoms with E-state index in [2.05, 4.69) is 0 Å². The van der Waals surface area contributed by atoms with E-state index in [1.54, 1.807) is 0 Å². The summed E-state index contributed by atoms with van der Waals surface area (Å²) in [5.74, 6) is 1.93. The van der Waals surface area contributed by atoms with Gasteiger partial charge < -0.3 is 5.11 Å². The van der Waals surface area contributed by atoms with Crippen LogP contribution in [0.25, 0.3) is 0 Å². The first kappa shape index (κ1) is 10.6. The van der Waals surface area contributed by atoms with E-state index in [0.717, 1.165) is 17.8 Å². The van der Waals surface area contributed by atoms with Gasteiger partial charge in [0.1, 0.15) is 0 Å². The Morgan fingerprint density at radius 3 is 1.75 bits per heavy atom. The van der Waals surface area contributed by atoms with Crippen LogP contribution in [0.2, 0.25) is 0 Å². The monoisotopic (exact) mass is 222 g/mol. The molecule has 4 aliphatic carbocycles. The molecule has 0 atom stereocenters. The van der Waals surface area contributed by atoms with Gasteiger partial charge in [0.2, 0.25) is 0 Å². The molecule has 0 heterocycles. The van der Waals surface area contributed by atoms with Crippen LogP contribution in [0.5, 0.6) is 0 Å². The minimum Gasteiger partial charge on any atom is -0.481 e. The van der Waals surface area contributed by atoms with Crippen molar-refractivity contribution in [3.63, 3.8) is 0 Å². The zero-order valence-electron chi connectivity index (χ0n) is 10.3. The van der Waals surface area contributed by atoms with Gasteiger partial charge in [-0.2, -0.15) is 0 Å². The summed E-state index contributed by atoms with van der Waals surface area (Å²) in [6.07, 6.45) is 7.69. The molecule has 16 heavy (non-hydrogen) atoms.